The molecule has 1 aromatic heterocycles. The van der Waals surface area contributed by atoms with E-state index < -0.39 is 0 Å². The van der Waals surface area contributed by atoms with Crippen LogP contribution in [0.5, 0.6) is 0 Å². The molecule has 0 aliphatic rings. The second-order valence-corrected chi connectivity index (χ2v) is 23.2. The first-order chi connectivity index (χ1) is 44.1. The summed E-state index contributed by atoms with van der Waals surface area (Å²) in [6.07, 6.45) is 0. The van der Waals surface area contributed by atoms with Crippen LogP contribution in [0.15, 0.2) is 344 Å². The molecule has 3 heteroatoms. The maximum Gasteiger partial charge on any atom is 0.136 e. The number of nitrogens with zero attached hydrogens (tertiary/aromatic N) is 2. The Labute approximate surface area is 516 Å². The quantitative estimate of drug-likeness (QED) is 0.120. The van der Waals surface area contributed by atoms with Crippen molar-refractivity contribution >= 4 is 110 Å². The second-order valence-electron chi connectivity index (χ2n) is 23.2. The highest BCUT2D eigenvalue weighted by Crippen LogP contribution is 2.44. The molecule has 1 heterocycles. The summed E-state index contributed by atoms with van der Waals surface area (Å²) in [5.74, 6) is 0. The first kappa shape index (κ1) is 51.6. The van der Waals surface area contributed by atoms with Crippen molar-refractivity contribution in [1.82, 2.24) is 0 Å². The van der Waals surface area contributed by atoms with Gasteiger partial charge in [-0.3, -0.25) is 0 Å². The highest BCUT2D eigenvalue weighted by atomic mass is 16.3. The topological polar surface area (TPSA) is 19.6 Å². The van der Waals surface area contributed by atoms with E-state index in [0.29, 0.717) is 0 Å². The molecule has 0 saturated heterocycles. The minimum atomic E-state index is 0.882. The van der Waals surface area contributed by atoms with Crippen molar-refractivity contribution in [3.8, 4) is 55.6 Å². The zero-order valence-corrected chi connectivity index (χ0v) is 48.6. The zero-order valence-electron chi connectivity index (χ0n) is 48.6. The number of fused-ring (bicyclic) bond motifs is 10. The van der Waals surface area contributed by atoms with Crippen molar-refractivity contribution in [3.05, 3.63) is 340 Å². The molecular formula is C86H56N2O. The third-order valence-corrected chi connectivity index (χ3v) is 18.0. The first-order valence-corrected chi connectivity index (χ1v) is 30.5. The Balaban J connectivity index is 0.751. The predicted octanol–water partition coefficient (Wildman–Crippen LogP) is 24.6. The Kier molecular flexibility index (Phi) is 12.5. The van der Waals surface area contributed by atoms with Crippen LogP contribution in [0, 0.1) is 0 Å². The summed E-state index contributed by atoms with van der Waals surface area (Å²) in [6.45, 7) is 0. The monoisotopic (exact) mass is 1130 g/mol. The van der Waals surface area contributed by atoms with Gasteiger partial charge in [-0.2, -0.15) is 0 Å². The van der Waals surface area contributed by atoms with E-state index in [2.05, 4.69) is 350 Å². The van der Waals surface area contributed by atoms with Gasteiger partial charge in [0.2, 0.25) is 0 Å². The fourth-order valence-corrected chi connectivity index (χ4v) is 13.5. The molecule has 17 aromatic rings. The van der Waals surface area contributed by atoms with Crippen molar-refractivity contribution in [2.24, 2.45) is 0 Å². The van der Waals surface area contributed by atoms with Crippen LogP contribution >= 0.6 is 0 Å². The van der Waals surface area contributed by atoms with E-state index in [1.807, 2.05) is 0 Å². The summed E-state index contributed by atoms with van der Waals surface area (Å²) in [5, 5.41) is 14.6. The summed E-state index contributed by atoms with van der Waals surface area (Å²) < 4.78 is 6.55. The van der Waals surface area contributed by atoms with E-state index in [-0.39, 0.29) is 0 Å². The SMILES string of the molecule is c1cc(-c2cccc(N(c3cccc(-c4ccc5ccccc5c4)c3)c3ccc4c(ccc5ccccc54)c3)c2)cc(N(c2ccc(-c3ccc(-c4cccc5ccccc45)cc3)cc2)c2ccc(-c3ccc4c(c3)oc3ccc5ccccc5c34)cc2)c1. The largest absolute Gasteiger partial charge is 0.456 e. The van der Waals surface area contributed by atoms with E-state index in [9.17, 15) is 0 Å². The normalized spacial score (nSPS) is 11.6. The van der Waals surface area contributed by atoms with Crippen LogP contribution in [0.4, 0.5) is 34.1 Å². The molecule has 0 radical (unpaired) electrons. The molecule has 3 nitrogen and oxygen atoms in total. The van der Waals surface area contributed by atoms with E-state index in [0.717, 1.165) is 89.4 Å². The lowest BCUT2D eigenvalue weighted by atomic mass is 9.96. The summed E-state index contributed by atoms with van der Waals surface area (Å²) >= 11 is 0. The number of hydrogen-bond donors (Lipinski definition) is 0. The molecule has 0 aliphatic heterocycles. The molecule has 416 valence electrons. The van der Waals surface area contributed by atoms with Crippen LogP contribution in [0.1, 0.15) is 0 Å². The highest BCUT2D eigenvalue weighted by Gasteiger charge is 2.20. The fraction of sp³-hybridized carbons (Fsp3) is 0. The molecular weight excluding hydrogens is 1080 g/mol. The van der Waals surface area contributed by atoms with Crippen molar-refractivity contribution in [3.63, 3.8) is 0 Å². The van der Waals surface area contributed by atoms with Crippen LogP contribution in [-0.2, 0) is 0 Å². The number of benzene rings is 16. The smallest absolute Gasteiger partial charge is 0.136 e. The maximum absolute atomic E-state index is 6.55. The fourth-order valence-electron chi connectivity index (χ4n) is 13.5. The molecule has 0 N–H and O–H groups in total. The number of rotatable bonds is 11. The molecule has 0 bridgehead atoms. The van der Waals surface area contributed by atoms with Gasteiger partial charge in [0.1, 0.15) is 11.2 Å². The minimum Gasteiger partial charge on any atom is -0.456 e. The predicted molar refractivity (Wildman–Crippen MR) is 378 cm³/mol. The molecule has 16 aromatic carbocycles. The minimum absolute atomic E-state index is 0.882. The zero-order chi connectivity index (χ0) is 58.8. The van der Waals surface area contributed by atoms with Gasteiger partial charge in [-0.25, -0.2) is 0 Å². The average molecular weight is 1130 g/mol. The van der Waals surface area contributed by atoms with Crippen molar-refractivity contribution in [1.29, 1.82) is 0 Å². The second kappa shape index (κ2) is 21.6. The summed E-state index contributed by atoms with van der Waals surface area (Å²) in [5.41, 5.74) is 19.7. The molecule has 0 fully saturated rings. The van der Waals surface area contributed by atoms with E-state index >= 15 is 0 Å². The van der Waals surface area contributed by atoms with Gasteiger partial charge < -0.3 is 14.2 Å². The van der Waals surface area contributed by atoms with E-state index in [4.69, 9.17) is 4.42 Å². The molecule has 0 unspecified atom stereocenters. The maximum atomic E-state index is 6.55. The molecule has 89 heavy (non-hydrogen) atoms. The van der Waals surface area contributed by atoms with Gasteiger partial charge in [0.05, 0.1) is 0 Å². The lowest BCUT2D eigenvalue weighted by Gasteiger charge is -2.28. The highest BCUT2D eigenvalue weighted by molar-refractivity contribution is 6.19. The van der Waals surface area contributed by atoms with E-state index in [1.165, 1.54) is 76.1 Å². The average Bonchev–Trinajstić information content (AvgIpc) is 3.16. The number of anilines is 6. The van der Waals surface area contributed by atoms with Crippen molar-refractivity contribution in [2.45, 2.75) is 0 Å². The Morgan fingerprint density at radius 3 is 1.24 bits per heavy atom. The summed E-state index contributed by atoms with van der Waals surface area (Å²) in [4.78, 5) is 4.79. The van der Waals surface area contributed by atoms with Crippen LogP contribution in [-0.4, -0.2) is 0 Å². The van der Waals surface area contributed by atoms with Crippen LogP contribution in [0.25, 0.3) is 131 Å². The molecule has 0 atom stereocenters. The van der Waals surface area contributed by atoms with Gasteiger partial charge in [0.15, 0.2) is 0 Å². The van der Waals surface area contributed by atoms with Crippen LogP contribution < -0.4 is 9.80 Å². The Bertz CT molecular complexity index is 5560. The van der Waals surface area contributed by atoms with Crippen LogP contribution in [0.2, 0.25) is 0 Å². The first-order valence-electron chi connectivity index (χ1n) is 30.5. The van der Waals surface area contributed by atoms with E-state index in [1.54, 1.807) is 0 Å². The molecule has 0 amide bonds. The van der Waals surface area contributed by atoms with Crippen molar-refractivity contribution < 1.29 is 4.42 Å². The van der Waals surface area contributed by atoms with Gasteiger partial charge in [-0.15, -0.1) is 0 Å². The Hall–Kier alpha value is -11.8. The lowest BCUT2D eigenvalue weighted by Crippen LogP contribution is -2.10. The van der Waals surface area contributed by atoms with Gasteiger partial charge in [0, 0.05) is 44.9 Å². The summed E-state index contributed by atoms with van der Waals surface area (Å²) in [7, 11) is 0. The van der Waals surface area contributed by atoms with Gasteiger partial charge >= 0.3 is 0 Å². The van der Waals surface area contributed by atoms with Gasteiger partial charge in [-0.05, 0) is 207 Å². The Morgan fingerprint density at radius 2 is 0.573 bits per heavy atom. The van der Waals surface area contributed by atoms with Crippen LogP contribution in [0.3, 0.4) is 0 Å². The molecule has 17 rings (SSSR count). The molecule has 0 spiro atoms. The van der Waals surface area contributed by atoms with Gasteiger partial charge in [-0.1, -0.05) is 243 Å². The third kappa shape index (κ3) is 9.41. The number of furan rings is 1. The molecule has 0 aliphatic carbocycles. The van der Waals surface area contributed by atoms with Gasteiger partial charge in [0.25, 0.3) is 0 Å². The molecule has 0 saturated carbocycles. The lowest BCUT2D eigenvalue weighted by molar-refractivity contribution is 0.669. The van der Waals surface area contributed by atoms with Crippen molar-refractivity contribution in [2.75, 3.05) is 9.80 Å². The standard InChI is InChI=1S/C86H56N2O/c1-2-17-65-51-69(35-31-57(65)13-1)68-21-11-24-76(54-68)88(77-47-49-81-71(55-77)36-34-62-15-4-7-26-79(62)81)75-23-10-20-67(53-75)66-19-9-22-74(52-66)87(72-43-37-59(38-44-72)58-29-32-64(33-30-58)80-28-12-18-61-14-3-6-25-78(61)80)73-45-39-60(40-46-73)70-41-48-83-85(56-70)89-84-50-42-63-16-5-8-27-82(63)86(83)84/h1-56H. The number of hydrogen-bond acceptors (Lipinski definition) is 3. The summed E-state index contributed by atoms with van der Waals surface area (Å²) in [6, 6.07) is 124. The Morgan fingerprint density at radius 1 is 0.180 bits per heavy atom. The third-order valence-electron chi connectivity index (χ3n) is 18.0.